The third kappa shape index (κ3) is 2.85. The number of hydrogen-bond donors (Lipinski definition) is 0. The maximum Gasteiger partial charge on any atom is 0.0509 e. The molecule has 144 valence electrons. The van der Waals surface area contributed by atoms with Crippen molar-refractivity contribution in [3.8, 4) is 0 Å². The lowest BCUT2D eigenvalue weighted by Crippen LogP contribution is -2.36. The number of hydrogen-bond acceptors (Lipinski definition) is 1. The molecule has 0 N–H and O–H groups in total. The van der Waals surface area contributed by atoms with E-state index in [1.54, 1.807) is 11.1 Å². The Morgan fingerprint density at radius 3 is 2.19 bits per heavy atom. The number of rotatable bonds is 4. The largest absolute Gasteiger partial charge is 0.260 e. The molecule has 1 heteroatoms. The highest BCUT2D eigenvalue weighted by Crippen LogP contribution is 2.56. The summed E-state index contributed by atoms with van der Waals surface area (Å²) in [4.78, 5) is 4.90. The van der Waals surface area contributed by atoms with Crippen LogP contribution in [-0.2, 0) is 22.7 Å². The van der Waals surface area contributed by atoms with Gasteiger partial charge in [0.1, 0.15) is 0 Å². The van der Waals surface area contributed by atoms with Crippen LogP contribution in [0.25, 0.3) is 0 Å². The molecular weight excluding hydrogens is 326 g/mol. The van der Waals surface area contributed by atoms with Crippen molar-refractivity contribution in [1.82, 2.24) is 4.98 Å². The quantitative estimate of drug-likeness (QED) is 0.585. The normalized spacial score (nSPS) is 25.1. The second-order valence-corrected chi connectivity index (χ2v) is 10.00. The Hall–Kier alpha value is -1.63. The van der Waals surface area contributed by atoms with Crippen molar-refractivity contribution in [2.45, 2.75) is 96.3 Å². The molecule has 0 amide bonds. The summed E-state index contributed by atoms with van der Waals surface area (Å²) in [5.41, 5.74) is 9.54. The predicted octanol–water partition coefficient (Wildman–Crippen LogP) is 6.77. The SMILES string of the molecule is CCc1ccc(C2(c3cc4c(cc3C)C(C)(C)CCC4(C)CC)CC2)nc1. The molecule has 0 saturated heterocycles. The third-order valence-corrected chi connectivity index (χ3v) is 7.81. The van der Waals surface area contributed by atoms with Gasteiger partial charge in [-0.3, -0.25) is 4.98 Å². The van der Waals surface area contributed by atoms with Gasteiger partial charge in [0.15, 0.2) is 0 Å². The zero-order valence-electron chi connectivity index (χ0n) is 18.1. The van der Waals surface area contributed by atoms with Crippen molar-refractivity contribution in [2.24, 2.45) is 0 Å². The smallest absolute Gasteiger partial charge is 0.0509 e. The molecule has 0 spiro atoms. The number of nitrogens with zero attached hydrogens (tertiary/aromatic N) is 1. The van der Waals surface area contributed by atoms with Crippen LogP contribution in [0.3, 0.4) is 0 Å². The molecule has 1 unspecified atom stereocenters. The lowest BCUT2D eigenvalue weighted by molar-refractivity contribution is 0.304. The van der Waals surface area contributed by atoms with Crippen LogP contribution in [0.5, 0.6) is 0 Å². The highest BCUT2D eigenvalue weighted by Gasteiger charge is 2.49. The van der Waals surface area contributed by atoms with Gasteiger partial charge in [-0.05, 0) is 90.2 Å². The van der Waals surface area contributed by atoms with E-state index in [2.05, 4.69) is 72.0 Å². The molecule has 1 aromatic heterocycles. The van der Waals surface area contributed by atoms with E-state index in [0.29, 0.717) is 5.41 Å². The summed E-state index contributed by atoms with van der Waals surface area (Å²) in [5, 5.41) is 0. The Morgan fingerprint density at radius 1 is 0.889 bits per heavy atom. The summed E-state index contributed by atoms with van der Waals surface area (Å²) in [6.07, 6.45) is 9.41. The Morgan fingerprint density at radius 2 is 1.63 bits per heavy atom. The van der Waals surface area contributed by atoms with Crippen LogP contribution in [0.4, 0.5) is 0 Å². The Balaban J connectivity index is 1.86. The molecule has 2 aliphatic carbocycles. The maximum atomic E-state index is 4.90. The van der Waals surface area contributed by atoms with Crippen molar-refractivity contribution in [3.63, 3.8) is 0 Å². The van der Waals surface area contributed by atoms with E-state index in [1.807, 2.05) is 0 Å². The van der Waals surface area contributed by atoms with Gasteiger partial charge in [0.2, 0.25) is 0 Å². The van der Waals surface area contributed by atoms with Crippen LogP contribution >= 0.6 is 0 Å². The summed E-state index contributed by atoms with van der Waals surface area (Å²) in [5.74, 6) is 0. The average Bonchev–Trinajstić information content (AvgIpc) is 3.47. The van der Waals surface area contributed by atoms with Crippen LogP contribution in [-0.4, -0.2) is 4.98 Å². The standard InChI is InChI=1S/C26H35N/c1-7-19-9-10-23(27-17-19)26(13-14-26)20-16-22-21(15-18(20)3)24(4,5)11-12-25(22,6)8-2/h9-10,15-17H,7-8,11-14H2,1-6H3. The van der Waals surface area contributed by atoms with E-state index in [1.165, 1.54) is 54.5 Å². The predicted molar refractivity (Wildman–Crippen MR) is 115 cm³/mol. The highest BCUT2D eigenvalue weighted by atomic mass is 14.7. The molecule has 1 nitrogen and oxygen atoms in total. The number of pyridine rings is 1. The van der Waals surface area contributed by atoms with Crippen LogP contribution in [0.2, 0.25) is 0 Å². The van der Waals surface area contributed by atoms with E-state index >= 15 is 0 Å². The van der Waals surface area contributed by atoms with Crippen LogP contribution in [0.15, 0.2) is 30.5 Å². The monoisotopic (exact) mass is 361 g/mol. The minimum atomic E-state index is 0.154. The number of fused-ring (bicyclic) bond motifs is 1. The van der Waals surface area contributed by atoms with Crippen molar-refractivity contribution in [3.05, 3.63) is 64.0 Å². The average molecular weight is 362 g/mol. The minimum absolute atomic E-state index is 0.154. The molecule has 0 aliphatic heterocycles. The molecule has 2 aromatic rings. The topological polar surface area (TPSA) is 12.9 Å². The molecular formula is C26H35N. The minimum Gasteiger partial charge on any atom is -0.260 e. The molecule has 1 saturated carbocycles. The molecule has 0 radical (unpaired) electrons. The van der Waals surface area contributed by atoms with E-state index in [-0.39, 0.29) is 10.8 Å². The first-order valence-electron chi connectivity index (χ1n) is 10.9. The Labute approximate surface area is 165 Å². The summed E-state index contributed by atoms with van der Waals surface area (Å²) in [6, 6.07) is 9.68. The van der Waals surface area contributed by atoms with Gasteiger partial charge >= 0.3 is 0 Å². The van der Waals surface area contributed by atoms with E-state index in [0.717, 1.165) is 6.42 Å². The first-order valence-corrected chi connectivity index (χ1v) is 10.9. The van der Waals surface area contributed by atoms with Crippen LogP contribution in [0, 0.1) is 6.92 Å². The molecule has 1 atom stereocenters. The summed E-state index contributed by atoms with van der Waals surface area (Å²) in [6.45, 7) is 14.2. The number of aryl methyl sites for hydroxylation is 2. The van der Waals surface area contributed by atoms with Gasteiger partial charge in [-0.1, -0.05) is 52.8 Å². The first kappa shape index (κ1) is 18.7. The van der Waals surface area contributed by atoms with Crippen molar-refractivity contribution in [1.29, 1.82) is 0 Å². The zero-order valence-corrected chi connectivity index (χ0v) is 18.1. The number of aromatic nitrogens is 1. The van der Waals surface area contributed by atoms with E-state index in [4.69, 9.17) is 4.98 Å². The lowest BCUT2D eigenvalue weighted by Gasteiger charge is -2.44. The fourth-order valence-electron chi connectivity index (χ4n) is 5.21. The molecule has 4 rings (SSSR count). The fraction of sp³-hybridized carbons (Fsp3) is 0.577. The van der Waals surface area contributed by atoms with E-state index in [9.17, 15) is 0 Å². The third-order valence-electron chi connectivity index (χ3n) is 7.81. The fourth-order valence-corrected chi connectivity index (χ4v) is 5.21. The molecule has 1 fully saturated rings. The van der Waals surface area contributed by atoms with Gasteiger partial charge in [-0.25, -0.2) is 0 Å². The summed E-state index contributed by atoms with van der Waals surface area (Å²) >= 11 is 0. The Bertz CT molecular complexity index is 855. The van der Waals surface area contributed by atoms with Gasteiger partial charge in [-0.2, -0.15) is 0 Å². The maximum absolute atomic E-state index is 4.90. The van der Waals surface area contributed by atoms with E-state index < -0.39 is 0 Å². The first-order chi connectivity index (χ1) is 12.8. The van der Waals surface area contributed by atoms with Gasteiger partial charge in [0.05, 0.1) is 5.69 Å². The molecule has 27 heavy (non-hydrogen) atoms. The van der Waals surface area contributed by atoms with Gasteiger partial charge < -0.3 is 0 Å². The van der Waals surface area contributed by atoms with Crippen LogP contribution < -0.4 is 0 Å². The zero-order chi connectivity index (χ0) is 19.4. The highest BCUT2D eigenvalue weighted by molar-refractivity contribution is 5.54. The second-order valence-electron chi connectivity index (χ2n) is 10.00. The van der Waals surface area contributed by atoms with Crippen molar-refractivity contribution >= 4 is 0 Å². The van der Waals surface area contributed by atoms with Gasteiger partial charge in [0, 0.05) is 11.6 Å². The lowest BCUT2D eigenvalue weighted by atomic mass is 9.60. The van der Waals surface area contributed by atoms with Crippen LogP contribution in [0.1, 0.15) is 100 Å². The second kappa shape index (κ2) is 6.19. The molecule has 2 aliphatic rings. The number of benzene rings is 1. The van der Waals surface area contributed by atoms with Crippen molar-refractivity contribution in [2.75, 3.05) is 0 Å². The summed E-state index contributed by atoms with van der Waals surface area (Å²) in [7, 11) is 0. The molecule has 1 heterocycles. The van der Waals surface area contributed by atoms with Gasteiger partial charge in [-0.15, -0.1) is 0 Å². The summed E-state index contributed by atoms with van der Waals surface area (Å²) < 4.78 is 0. The van der Waals surface area contributed by atoms with Crippen molar-refractivity contribution < 1.29 is 0 Å². The Kier molecular flexibility index (Phi) is 4.29. The molecule has 1 aromatic carbocycles. The molecule has 0 bridgehead atoms. The van der Waals surface area contributed by atoms with Gasteiger partial charge in [0.25, 0.3) is 0 Å².